The molecule has 1 aromatic carbocycles. The Morgan fingerprint density at radius 2 is 2.05 bits per heavy atom. The Balaban J connectivity index is 2.03. The predicted octanol–water partition coefficient (Wildman–Crippen LogP) is 3.19. The Hall–Kier alpha value is -2.01. The molecule has 2 aromatic rings. The Morgan fingerprint density at radius 3 is 2.68 bits per heavy atom. The summed E-state index contributed by atoms with van der Waals surface area (Å²) in [5, 5.41) is 2.85. The van der Waals surface area contributed by atoms with E-state index in [0.29, 0.717) is 10.8 Å². The Morgan fingerprint density at radius 1 is 1.26 bits per heavy atom. The van der Waals surface area contributed by atoms with Crippen molar-refractivity contribution in [3.05, 3.63) is 58.9 Å². The van der Waals surface area contributed by atoms with Crippen molar-refractivity contribution in [3.63, 3.8) is 0 Å². The third-order valence-electron chi connectivity index (χ3n) is 2.38. The van der Waals surface area contributed by atoms with Crippen LogP contribution < -0.4 is 5.32 Å². The molecule has 0 atom stereocenters. The number of carbonyl (C=O) groups excluding carboxylic acids is 1. The lowest BCUT2D eigenvalue weighted by atomic mass is 10.1. The van der Waals surface area contributed by atoms with Crippen LogP contribution in [-0.4, -0.2) is 10.9 Å². The number of aromatic nitrogens is 1. The molecule has 1 heterocycles. The van der Waals surface area contributed by atoms with Crippen LogP contribution >= 0.6 is 11.6 Å². The van der Waals surface area contributed by atoms with Crippen molar-refractivity contribution in [2.75, 3.05) is 5.32 Å². The van der Waals surface area contributed by atoms with Crippen LogP contribution in [0, 0.1) is 11.6 Å². The maximum absolute atomic E-state index is 13.4. The monoisotopic (exact) mass is 282 g/mol. The molecule has 1 aromatic heterocycles. The van der Waals surface area contributed by atoms with Crippen LogP contribution in [0.5, 0.6) is 0 Å². The summed E-state index contributed by atoms with van der Waals surface area (Å²) in [5.74, 6) is -1.84. The molecule has 0 aliphatic heterocycles. The predicted molar refractivity (Wildman–Crippen MR) is 67.9 cm³/mol. The summed E-state index contributed by atoms with van der Waals surface area (Å²) in [6.45, 7) is 0. The van der Waals surface area contributed by atoms with Crippen LogP contribution in [0.2, 0.25) is 5.15 Å². The number of halogens is 3. The number of rotatable bonds is 3. The maximum Gasteiger partial charge on any atom is 0.228 e. The molecule has 0 unspecified atom stereocenters. The molecule has 0 radical (unpaired) electrons. The lowest BCUT2D eigenvalue weighted by Crippen LogP contribution is -2.15. The zero-order valence-electron chi connectivity index (χ0n) is 9.66. The molecule has 2 rings (SSSR count). The number of hydrogen-bond acceptors (Lipinski definition) is 2. The van der Waals surface area contributed by atoms with Crippen molar-refractivity contribution in [3.8, 4) is 0 Å². The fourth-order valence-corrected chi connectivity index (χ4v) is 1.60. The largest absolute Gasteiger partial charge is 0.324 e. The summed E-state index contributed by atoms with van der Waals surface area (Å²) in [7, 11) is 0. The number of hydrogen-bond donors (Lipinski definition) is 1. The molecule has 1 amide bonds. The third kappa shape index (κ3) is 3.72. The topological polar surface area (TPSA) is 42.0 Å². The maximum atomic E-state index is 13.4. The fourth-order valence-electron chi connectivity index (χ4n) is 1.49. The third-order valence-corrected chi connectivity index (χ3v) is 2.60. The summed E-state index contributed by atoms with van der Waals surface area (Å²) < 4.78 is 26.1. The van der Waals surface area contributed by atoms with Crippen LogP contribution in [-0.2, 0) is 11.2 Å². The average Bonchev–Trinajstić information content (AvgIpc) is 2.36. The first-order valence-corrected chi connectivity index (χ1v) is 5.78. The van der Waals surface area contributed by atoms with Crippen molar-refractivity contribution in [1.29, 1.82) is 0 Å². The highest BCUT2D eigenvalue weighted by Gasteiger charge is 2.09. The van der Waals surface area contributed by atoms with E-state index in [0.717, 1.165) is 12.1 Å². The Bertz CT molecular complexity index is 602. The highest BCUT2D eigenvalue weighted by molar-refractivity contribution is 6.29. The average molecular weight is 283 g/mol. The Labute approximate surface area is 113 Å². The first kappa shape index (κ1) is 13.4. The van der Waals surface area contributed by atoms with E-state index in [1.165, 1.54) is 18.3 Å². The molecule has 0 aliphatic rings. The number of amides is 1. The molecule has 3 nitrogen and oxygen atoms in total. The van der Waals surface area contributed by atoms with Gasteiger partial charge in [0.1, 0.15) is 16.8 Å². The van der Waals surface area contributed by atoms with Gasteiger partial charge in [-0.2, -0.15) is 0 Å². The van der Waals surface area contributed by atoms with E-state index in [1.54, 1.807) is 6.07 Å². The van der Waals surface area contributed by atoms with Gasteiger partial charge in [0.2, 0.25) is 5.91 Å². The van der Waals surface area contributed by atoms with Crippen molar-refractivity contribution >= 4 is 23.2 Å². The molecular weight excluding hydrogens is 274 g/mol. The van der Waals surface area contributed by atoms with Crippen LogP contribution in [0.15, 0.2) is 36.5 Å². The molecule has 0 bridgehead atoms. The highest BCUT2D eigenvalue weighted by Crippen LogP contribution is 2.13. The van der Waals surface area contributed by atoms with Gasteiger partial charge in [-0.15, -0.1) is 0 Å². The fraction of sp³-hybridized carbons (Fsp3) is 0.0769. The lowest BCUT2D eigenvalue weighted by Gasteiger charge is -2.06. The van der Waals surface area contributed by atoms with E-state index >= 15 is 0 Å². The first-order chi connectivity index (χ1) is 9.04. The first-order valence-electron chi connectivity index (χ1n) is 5.40. The second-order valence-electron chi connectivity index (χ2n) is 3.83. The lowest BCUT2D eigenvalue weighted by molar-refractivity contribution is -0.115. The highest BCUT2D eigenvalue weighted by atomic mass is 35.5. The van der Waals surface area contributed by atoms with E-state index in [1.807, 2.05) is 0 Å². The van der Waals surface area contributed by atoms with Gasteiger partial charge in [0.15, 0.2) is 0 Å². The number of pyridine rings is 1. The van der Waals surface area contributed by atoms with Crippen molar-refractivity contribution < 1.29 is 13.6 Å². The van der Waals surface area contributed by atoms with Gasteiger partial charge in [0.25, 0.3) is 0 Å². The van der Waals surface area contributed by atoms with Crippen LogP contribution in [0.25, 0.3) is 0 Å². The quantitative estimate of drug-likeness (QED) is 0.879. The molecule has 0 fully saturated rings. The summed E-state index contributed by atoms with van der Waals surface area (Å²) in [5.41, 5.74) is 0.581. The van der Waals surface area contributed by atoms with Gasteiger partial charge in [0, 0.05) is 6.07 Å². The van der Waals surface area contributed by atoms with E-state index in [9.17, 15) is 13.6 Å². The van der Waals surface area contributed by atoms with Crippen LogP contribution in [0.3, 0.4) is 0 Å². The molecule has 19 heavy (non-hydrogen) atoms. The summed E-state index contributed by atoms with van der Waals surface area (Å²) in [4.78, 5) is 15.5. The van der Waals surface area contributed by atoms with Crippen LogP contribution in [0.4, 0.5) is 14.5 Å². The summed E-state index contributed by atoms with van der Waals surface area (Å²) in [6, 6.07) is 6.19. The molecule has 0 saturated carbocycles. The van der Waals surface area contributed by atoms with Gasteiger partial charge in [-0.1, -0.05) is 17.7 Å². The minimum atomic E-state index is -0.746. The number of anilines is 1. The van der Waals surface area contributed by atoms with Gasteiger partial charge >= 0.3 is 0 Å². The summed E-state index contributed by atoms with van der Waals surface area (Å²) >= 11 is 5.60. The molecule has 0 aliphatic carbocycles. The molecule has 98 valence electrons. The zero-order valence-corrected chi connectivity index (χ0v) is 10.4. The van der Waals surface area contributed by atoms with E-state index in [-0.39, 0.29) is 12.0 Å². The van der Waals surface area contributed by atoms with E-state index < -0.39 is 17.5 Å². The molecule has 0 spiro atoms. The van der Waals surface area contributed by atoms with Crippen molar-refractivity contribution in [1.82, 2.24) is 4.98 Å². The second kappa shape index (κ2) is 5.75. The van der Waals surface area contributed by atoms with Gasteiger partial charge in [-0.05, 0) is 23.8 Å². The number of nitrogens with zero attached hydrogens (tertiary/aromatic N) is 1. The molecule has 0 saturated heterocycles. The van der Waals surface area contributed by atoms with Crippen molar-refractivity contribution in [2.45, 2.75) is 6.42 Å². The smallest absolute Gasteiger partial charge is 0.228 e. The SMILES string of the molecule is O=C(Cc1ccc(F)cc1F)Nc1ccc(Cl)nc1. The van der Waals surface area contributed by atoms with Gasteiger partial charge in [-0.25, -0.2) is 13.8 Å². The standard InChI is InChI=1S/C13H9ClF2N2O/c14-12-4-3-10(7-17-12)18-13(19)5-8-1-2-9(15)6-11(8)16/h1-4,6-7H,5H2,(H,18,19). The van der Waals surface area contributed by atoms with Gasteiger partial charge in [-0.3, -0.25) is 4.79 Å². The summed E-state index contributed by atoms with van der Waals surface area (Å²) in [6.07, 6.45) is 1.20. The normalized spacial score (nSPS) is 10.3. The number of benzene rings is 1. The van der Waals surface area contributed by atoms with Gasteiger partial charge in [0.05, 0.1) is 18.3 Å². The molecule has 6 heteroatoms. The second-order valence-corrected chi connectivity index (χ2v) is 4.22. The van der Waals surface area contributed by atoms with Crippen molar-refractivity contribution in [2.24, 2.45) is 0 Å². The zero-order chi connectivity index (χ0) is 13.8. The van der Waals surface area contributed by atoms with E-state index in [2.05, 4.69) is 10.3 Å². The number of carbonyl (C=O) groups is 1. The Kier molecular flexibility index (Phi) is 4.06. The molecule has 1 N–H and O–H groups in total. The minimum absolute atomic E-state index is 0.126. The van der Waals surface area contributed by atoms with Crippen LogP contribution in [0.1, 0.15) is 5.56 Å². The van der Waals surface area contributed by atoms with Gasteiger partial charge < -0.3 is 5.32 Å². The minimum Gasteiger partial charge on any atom is -0.324 e. The number of nitrogens with one attached hydrogen (secondary N) is 1. The molecular formula is C13H9ClF2N2O. The van der Waals surface area contributed by atoms with E-state index in [4.69, 9.17) is 11.6 Å².